The monoisotopic (exact) mass is 325 g/mol. The van der Waals surface area contributed by atoms with E-state index >= 15 is 0 Å². The SMILES string of the molecule is Cc1ccc(CN2CCC(c3nnc4n3CCNC4)CC2)cc1C. The Bertz CT molecular complexity index is 713. The van der Waals surface area contributed by atoms with Crippen LogP contribution in [-0.2, 0) is 19.6 Å². The minimum absolute atomic E-state index is 0.570. The van der Waals surface area contributed by atoms with Crippen LogP contribution >= 0.6 is 0 Å². The second kappa shape index (κ2) is 6.65. The van der Waals surface area contributed by atoms with Crippen LogP contribution in [0.1, 0.15) is 47.1 Å². The van der Waals surface area contributed by atoms with Crippen LogP contribution in [-0.4, -0.2) is 39.3 Å². The van der Waals surface area contributed by atoms with Crippen molar-refractivity contribution in [3.63, 3.8) is 0 Å². The van der Waals surface area contributed by atoms with Crippen LogP contribution in [0.2, 0.25) is 0 Å². The summed E-state index contributed by atoms with van der Waals surface area (Å²) in [6.45, 7) is 10.7. The Morgan fingerprint density at radius 1 is 1.08 bits per heavy atom. The predicted molar refractivity (Wildman–Crippen MR) is 94.9 cm³/mol. The number of aryl methyl sites for hydroxylation is 2. The van der Waals surface area contributed by atoms with Gasteiger partial charge in [0.05, 0.1) is 6.54 Å². The molecule has 0 spiro atoms. The van der Waals surface area contributed by atoms with E-state index in [4.69, 9.17) is 0 Å². The Labute approximate surface area is 144 Å². The molecule has 1 saturated heterocycles. The molecule has 2 aliphatic heterocycles. The highest BCUT2D eigenvalue weighted by atomic mass is 15.3. The first kappa shape index (κ1) is 15.8. The molecule has 1 fully saturated rings. The number of hydrogen-bond donors (Lipinski definition) is 1. The molecule has 0 saturated carbocycles. The molecule has 1 aromatic carbocycles. The number of benzene rings is 1. The summed E-state index contributed by atoms with van der Waals surface area (Å²) in [5.74, 6) is 2.89. The summed E-state index contributed by atoms with van der Waals surface area (Å²) in [5, 5.41) is 12.2. The lowest BCUT2D eigenvalue weighted by molar-refractivity contribution is 0.199. The molecule has 0 bridgehead atoms. The molecule has 5 nitrogen and oxygen atoms in total. The lowest BCUT2D eigenvalue weighted by Crippen LogP contribution is -2.34. The molecule has 5 heteroatoms. The van der Waals surface area contributed by atoms with Gasteiger partial charge >= 0.3 is 0 Å². The molecule has 0 unspecified atom stereocenters. The van der Waals surface area contributed by atoms with Crippen molar-refractivity contribution in [1.82, 2.24) is 25.0 Å². The standard InChI is InChI=1S/C19H27N5/c1-14-3-4-16(11-15(14)2)13-23-8-5-17(6-9-23)19-22-21-18-12-20-7-10-24(18)19/h3-4,11,17,20H,5-10,12-13H2,1-2H3. The van der Waals surface area contributed by atoms with Crippen molar-refractivity contribution in [1.29, 1.82) is 0 Å². The summed E-state index contributed by atoms with van der Waals surface area (Å²) in [5.41, 5.74) is 4.21. The first-order chi connectivity index (χ1) is 11.7. The van der Waals surface area contributed by atoms with Gasteiger partial charge in [-0.25, -0.2) is 0 Å². The average Bonchev–Trinajstić information content (AvgIpc) is 3.03. The van der Waals surface area contributed by atoms with Crippen molar-refractivity contribution in [2.75, 3.05) is 19.6 Å². The molecule has 2 aliphatic rings. The van der Waals surface area contributed by atoms with Crippen molar-refractivity contribution in [3.8, 4) is 0 Å². The topological polar surface area (TPSA) is 46.0 Å². The van der Waals surface area contributed by atoms with Gasteiger partial charge in [0.25, 0.3) is 0 Å². The van der Waals surface area contributed by atoms with E-state index in [0.717, 1.165) is 45.1 Å². The molecule has 0 amide bonds. The summed E-state index contributed by atoms with van der Waals surface area (Å²) >= 11 is 0. The summed E-state index contributed by atoms with van der Waals surface area (Å²) in [6.07, 6.45) is 2.38. The van der Waals surface area contributed by atoms with Gasteiger partial charge in [0, 0.05) is 25.6 Å². The van der Waals surface area contributed by atoms with Gasteiger partial charge in [0.1, 0.15) is 11.6 Å². The number of likely N-dealkylation sites (tertiary alicyclic amines) is 1. The lowest BCUT2D eigenvalue weighted by Gasteiger charge is -2.32. The van der Waals surface area contributed by atoms with Gasteiger partial charge in [-0.15, -0.1) is 10.2 Å². The van der Waals surface area contributed by atoms with Gasteiger partial charge < -0.3 is 9.88 Å². The van der Waals surface area contributed by atoms with Crippen LogP contribution in [0.5, 0.6) is 0 Å². The van der Waals surface area contributed by atoms with E-state index in [-0.39, 0.29) is 0 Å². The van der Waals surface area contributed by atoms with Gasteiger partial charge in [-0.2, -0.15) is 0 Å². The Morgan fingerprint density at radius 3 is 2.71 bits per heavy atom. The second-order valence-electron chi connectivity index (χ2n) is 7.27. The van der Waals surface area contributed by atoms with Crippen LogP contribution in [0.25, 0.3) is 0 Å². The van der Waals surface area contributed by atoms with E-state index in [2.05, 4.69) is 57.0 Å². The highest BCUT2D eigenvalue weighted by Crippen LogP contribution is 2.28. The first-order valence-corrected chi connectivity index (χ1v) is 9.12. The zero-order valence-corrected chi connectivity index (χ0v) is 14.8. The Kier molecular flexibility index (Phi) is 4.37. The number of nitrogens with zero attached hydrogens (tertiary/aromatic N) is 4. The maximum absolute atomic E-state index is 4.51. The number of fused-ring (bicyclic) bond motifs is 1. The van der Waals surface area contributed by atoms with E-state index in [9.17, 15) is 0 Å². The van der Waals surface area contributed by atoms with Gasteiger partial charge in [0.15, 0.2) is 0 Å². The van der Waals surface area contributed by atoms with E-state index in [1.54, 1.807) is 0 Å². The zero-order chi connectivity index (χ0) is 16.5. The minimum Gasteiger partial charge on any atom is -0.312 e. The predicted octanol–water partition coefficient (Wildman–Crippen LogP) is 2.38. The number of hydrogen-bond acceptors (Lipinski definition) is 4. The number of nitrogens with one attached hydrogen (secondary N) is 1. The highest BCUT2D eigenvalue weighted by Gasteiger charge is 2.26. The van der Waals surface area contributed by atoms with Crippen molar-refractivity contribution in [3.05, 3.63) is 46.5 Å². The smallest absolute Gasteiger partial charge is 0.147 e. The third-order valence-corrected chi connectivity index (χ3v) is 5.58. The third kappa shape index (κ3) is 3.10. The van der Waals surface area contributed by atoms with Crippen molar-refractivity contribution < 1.29 is 0 Å². The highest BCUT2D eigenvalue weighted by molar-refractivity contribution is 5.29. The zero-order valence-electron chi connectivity index (χ0n) is 14.8. The molecular weight excluding hydrogens is 298 g/mol. The fraction of sp³-hybridized carbons (Fsp3) is 0.579. The molecule has 1 N–H and O–H groups in total. The number of piperidine rings is 1. The van der Waals surface area contributed by atoms with E-state index in [1.165, 1.54) is 35.4 Å². The van der Waals surface area contributed by atoms with Crippen molar-refractivity contribution in [2.24, 2.45) is 0 Å². The first-order valence-electron chi connectivity index (χ1n) is 9.12. The van der Waals surface area contributed by atoms with Crippen LogP contribution in [0.15, 0.2) is 18.2 Å². The summed E-state index contributed by atoms with van der Waals surface area (Å²) < 4.78 is 2.35. The van der Waals surface area contributed by atoms with Crippen LogP contribution in [0, 0.1) is 13.8 Å². The molecule has 0 atom stereocenters. The van der Waals surface area contributed by atoms with Crippen molar-refractivity contribution >= 4 is 0 Å². The largest absolute Gasteiger partial charge is 0.312 e. The van der Waals surface area contributed by atoms with Gasteiger partial charge in [-0.3, -0.25) is 4.90 Å². The van der Waals surface area contributed by atoms with E-state index in [0.29, 0.717) is 5.92 Å². The Balaban J connectivity index is 1.38. The maximum Gasteiger partial charge on any atom is 0.147 e. The van der Waals surface area contributed by atoms with Gasteiger partial charge in [-0.05, 0) is 56.5 Å². The van der Waals surface area contributed by atoms with Gasteiger partial charge in [-0.1, -0.05) is 18.2 Å². The molecular formula is C19H27N5. The van der Waals surface area contributed by atoms with Crippen molar-refractivity contribution in [2.45, 2.75) is 52.2 Å². The summed E-state index contributed by atoms with van der Waals surface area (Å²) in [4.78, 5) is 2.58. The Hall–Kier alpha value is -1.72. The quantitative estimate of drug-likeness (QED) is 0.941. The average molecular weight is 325 g/mol. The minimum atomic E-state index is 0.570. The van der Waals surface area contributed by atoms with E-state index < -0.39 is 0 Å². The molecule has 128 valence electrons. The third-order valence-electron chi connectivity index (χ3n) is 5.58. The van der Waals surface area contributed by atoms with Gasteiger partial charge in [0.2, 0.25) is 0 Å². The summed E-state index contributed by atoms with van der Waals surface area (Å²) in [7, 11) is 0. The molecule has 24 heavy (non-hydrogen) atoms. The molecule has 0 aliphatic carbocycles. The molecule has 1 aromatic heterocycles. The van der Waals surface area contributed by atoms with Crippen LogP contribution in [0.3, 0.4) is 0 Å². The number of aromatic nitrogens is 3. The van der Waals surface area contributed by atoms with Crippen LogP contribution in [0.4, 0.5) is 0 Å². The lowest BCUT2D eigenvalue weighted by atomic mass is 9.95. The maximum atomic E-state index is 4.51. The molecule has 3 heterocycles. The normalized spacial score (nSPS) is 19.4. The fourth-order valence-electron chi connectivity index (χ4n) is 3.93. The molecule has 2 aromatic rings. The van der Waals surface area contributed by atoms with Crippen LogP contribution < -0.4 is 5.32 Å². The molecule has 4 rings (SSSR count). The fourth-order valence-corrected chi connectivity index (χ4v) is 3.93. The second-order valence-corrected chi connectivity index (χ2v) is 7.27. The number of rotatable bonds is 3. The van der Waals surface area contributed by atoms with E-state index in [1.807, 2.05) is 0 Å². The Morgan fingerprint density at radius 2 is 1.92 bits per heavy atom. The molecule has 0 radical (unpaired) electrons. The summed E-state index contributed by atoms with van der Waals surface area (Å²) in [6, 6.07) is 6.85.